The van der Waals surface area contributed by atoms with Crippen molar-refractivity contribution in [1.82, 2.24) is 0 Å². The number of benzene rings is 1. The van der Waals surface area contributed by atoms with E-state index in [2.05, 4.69) is 0 Å². The van der Waals surface area contributed by atoms with E-state index in [-0.39, 0.29) is 17.1 Å². The molecule has 0 amide bonds. The lowest BCUT2D eigenvalue weighted by Gasteiger charge is -2.46. The summed E-state index contributed by atoms with van der Waals surface area (Å²) in [4.78, 5) is 12.5. The molecule has 108 valence electrons. The molecule has 1 unspecified atom stereocenters. The number of hydrogen-bond donors (Lipinski definition) is 0. The lowest BCUT2D eigenvalue weighted by atomic mass is 9.70. The highest BCUT2D eigenvalue weighted by Crippen LogP contribution is 2.45. The Morgan fingerprint density at radius 3 is 2.75 bits per heavy atom. The Hall–Kier alpha value is -1.29. The van der Waals surface area contributed by atoms with E-state index >= 15 is 0 Å². The van der Waals surface area contributed by atoms with Gasteiger partial charge in [0.15, 0.2) is 5.78 Å². The standard InChI is InChI=1S/C16H18F2O2/c1-10-3-4-12(17)13(14(10)18)15(19)11-5-8-20-16(9-11)6-2-7-16/h3-4,11H,2,5-9H2,1H3. The minimum atomic E-state index is -0.757. The van der Waals surface area contributed by atoms with Crippen molar-refractivity contribution < 1.29 is 18.3 Å². The molecule has 1 atom stereocenters. The van der Waals surface area contributed by atoms with E-state index in [1.54, 1.807) is 6.92 Å². The van der Waals surface area contributed by atoms with Crippen molar-refractivity contribution in [3.05, 3.63) is 34.9 Å². The molecule has 1 aliphatic carbocycles. The Morgan fingerprint density at radius 2 is 2.10 bits per heavy atom. The maximum atomic E-state index is 14.1. The quantitative estimate of drug-likeness (QED) is 0.770. The van der Waals surface area contributed by atoms with Gasteiger partial charge in [0.2, 0.25) is 0 Å². The zero-order valence-corrected chi connectivity index (χ0v) is 11.5. The van der Waals surface area contributed by atoms with Gasteiger partial charge >= 0.3 is 0 Å². The molecule has 1 saturated heterocycles. The number of ether oxygens (including phenoxy) is 1. The third-order valence-corrected chi connectivity index (χ3v) is 4.66. The Labute approximate surface area is 117 Å². The fourth-order valence-corrected chi connectivity index (χ4v) is 3.26. The molecule has 0 N–H and O–H groups in total. The second kappa shape index (κ2) is 4.92. The van der Waals surface area contributed by atoms with Gasteiger partial charge in [-0.3, -0.25) is 4.79 Å². The van der Waals surface area contributed by atoms with Crippen molar-refractivity contribution in [2.45, 2.75) is 44.6 Å². The normalized spacial score (nSPS) is 24.4. The summed E-state index contributed by atoms with van der Waals surface area (Å²) in [6.07, 6.45) is 4.16. The Kier molecular flexibility index (Phi) is 3.36. The summed E-state index contributed by atoms with van der Waals surface area (Å²) in [6.45, 7) is 2.05. The van der Waals surface area contributed by atoms with E-state index < -0.39 is 17.4 Å². The molecular weight excluding hydrogens is 262 g/mol. The maximum Gasteiger partial charge on any atom is 0.172 e. The van der Waals surface area contributed by atoms with E-state index in [1.165, 1.54) is 12.1 Å². The number of rotatable bonds is 2. The summed E-state index contributed by atoms with van der Waals surface area (Å²) in [6, 6.07) is 2.53. The van der Waals surface area contributed by atoms with Crippen LogP contribution in [0.15, 0.2) is 12.1 Å². The van der Waals surface area contributed by atoms with Gasteiger partial charge in [-0.15, -0.1) is 0 Å². The van der Waals surface area contributed by atoms with Gasteiger partial charge in [0, 0.05) is 12.5 Å². The predicted octanol–water partition coefficient (Wildman–Crippen LogP) is 3.81. The van der Waals surface area contributed by atoms with Crippen LogP contribution < -0.4 is 0 Å². The van der Waals surface area contributed by atoms with Gasteiger partial charge in [0.25, 0.3) is 0 Å². The van der Waals surface area contributed by atoms with E-state index in [4.69, 9.17) is 4.74 Å². The number of ketones is 1. The molecule has 20 heavy (non-hydrogen) atoms. The number of carbonyl (C=O) groups is 1. The summed E-state index contributed by atoms with van der Waals surface area (Å²) in [7, 11) is 0. The van der Waals surface area contributed by atoms with Crippen LogP contribution in [0.4, 0.5) is 8.78 Å². The lowest BCUT2D eigenvalue weighted by Crippen LogP contribution is -2.47. The van der Waals surface area contributed by atoms with E-state index in [1.807, 2.05) is 0 Å². The molecule has 1 aromatic carbocycles. The lowest BCUT2D eigenvalue weighted by molar-refractivity contribution is -0.137. The number of Topliss-reactive ketones (excluding diaryl/α,β-unsaturated/α-hetero) is 1. The molecule has 1 spiro atoms. The molecule has 2 fully saturated rings. The summed E-state index contributed by atoms with van der Waals surface area (Å²) in [5.74, 6) is -2.20. The topological polar surface area (TPSA) is 26.3 Å². The Bertz CT molecular complexity index is 550. The van der Waals surface area contributed by atoms with Crippen molar-refractivity contribution in [3.63, 3.8) is 0 Å². The molecule has 0 bridgehead atoms. The first kappa shape index (κ1) is 13.7. The summed E-state index contributed by atoms with van der Waals surface area (Å²) >= 11 is 0. The molecular formula is C16H18F2O2. The van der Waals surface area contributed by atoms with Crippen LogP contribution in [0.2, 0.25) is 0 Å². The van der Waals surface area contributed by atoms with Crippen molar-refractivity contribution in [2.75, 3.05) is 6.61 Å². The third-order valence-electron chi connectivity index (χ3n) is 4.66. The first-order chi connectivity index (χ1) is 9.52. The fraction of sp³-hybridized carbons (Fsp3) is 0.562. The second-order valence-corrected chi connectivity index (χ2v) is 5.99. The van der Waals surface area contributed by atoms with Crippen LogP contribution in [-0.4, -0.2) is 18.0 Å². The largest absolute Gasteiger partial charge is 0.375 e. The molecule has 1 saturated carbocycles. The van der Waals surface area contributed by atoms with Gasteiger partial charge < -0.3 is 4.74 Å². The van der Waals surface area contributed by atoms with Crippen LogP contribution in [0.25, 0.3) is 0 Å². The third kappa shape index (κ3) is 2.16. The average Bonchev–Trinajstić information content (AvgIpc) is 2.42. The minimum Gasteiger partial charge on any atom is -0.375 e. The van der Waals surface area contributed by atoms with Crippen molar-refractivity contribution in [2.24, 2.45) is 5.92 Å². The van der Waals surface area contributed by atoms with Crippen LogP contribution in [0.1, 0.15) is 48.0 Å². The number of carbonyl (C=O) groups excluding carboxylic acids is 1. The van der Waals surface area contributed by atoms with Crippen LogP contribution in [-0.2, 0) is 4.74 Å². The van der Waals surface area contributed by atoms with Crippen molar-refractivity contribution >= 4 is 5.78 Å². The van der Waals surface area contributed by atoms with Crippen LogP contribution >= 0.6 is 0 Å². The van der Waals surface area contributed by atoms with E-state index in [9.17, 15) is 13.6 Å². The Morgan fingerprint density at radius 1 is 1.35 bits per heavy atom. The number of aryl methyl sites for hydroxylation is 1. The van der Waals surface area contributed by atoms with Gasteiger partial charge in [-0.2, -0.15) is 0 Å². The molecule has 0 radical (unpaired) electrons. The van der Waals surface area contributed by atoms with Gasteiger partial charge in [-0.1, -0.05) is 6.07 Å². The highest BCUT2D eigenvalue weighted by Gasteiger charge is 2.45. The van der Waals surface area contributed by atoms with Gasteiger partial charge in [0.05, 0.1) is 11.2 Å². The van der Waals surface area contributed by atoms with E-state index in [0.717, 1.165) is 19.3 Å². The van der Waals surface area contributed by atoms with Crippen LogP contribution in [0, 0.1) is 24.5 Å². The summed E-state index contributed by atoms with van der Waals surface area (Å²) in [5.41, 5.74) is -0.262. The van der Waals surface area contributed by atoms with Crippen molar-refractivity contribution in [1.29, 1.82) is 0 Å². The first-order valence-electron chi connectivity index (χ1n) is 7.15. The smallest absolute Gasteiger partial charge is 0.172 e. The first-order valence-corrected chi connectivity index (χ1v) is 7.15. The molecule has 1 heterocycles. The predicted molar refractivity (Wildman–Crippen MR) is 70.7 cm³/mol. The van der Waals surface area contributed by atoms with Crippen LogP contribution in [0.3, 0.4) is 0 Å². The molecule has 2 nitrogen and oxygen atoms in total. The highest BCUT2D eigenvalue weighted by atomic mass is 19.1. The molecule has 3 rings (SSSR count). The zero-order valence-electron chi connectivity index (χ0n) is 11.5. The fourth-order valence-electron chi connectivity index (χ4n) is 3.26. The maximum absolute atomic E-state index is 14.1. The Balaban J connectivity index is 1.87. The second-order valence-electron chi connectivity index (χ2n) is 5.99. The highest BCUT2D eigenvalue weighted by molar-refractivity contribution is 5.98. The SMILES string of the molecule is Cc1ccc(F)c(C(=O)C2CCOC3(CCC3)C2)c1F. The molecule has 2 aliphatic rings. The van der Waals surface area contributed by atoms with Crippen LogP contribution in [0.5, 0.6) is 0 Å². The van der Waals surface area contributed by atoms with E-state index in [0.29, 0.717) is 25.0 Å². The summed E-state index contributed by atoms with van der Waals surface area (Å²) < 4.78 is 33.7. The molecule has 4 heteroatoms. The average molecular weight is 280 g/mol. The molecule has 1 aromatic rings. The molecule has 0 aromatic heterocycles. The van der Waals surface area contributed by atoms with Gasteiger partial charge in [0.1, 0.15) is 11.6 Å². The minimum absolute atomic E-state index is 0.199. The van der Waals surface area contributed by atoms with Gasteiger partial charge in [-0.05, 0) is 50.7 Å². The number of halogens is 2. The molecule has 1 aliphatic heterocycles. The zero-order chi connectivity index (χ0) is 14.3. The monoisotopic (exact) mass is 280 g/mol. The van der Waals surface area contributed by atoms with Gasteiger partial charge in [-0.25, -0.2) is 8.78 Å². The van der Waals surface area contributed by atoms with Crippen molar-refractivity contribution in [3.8, 4) is 0 Å². The summed E-state index contributed by atoms with van der Waals surface area (Å²) in [5, 5.41) is 0. The number of hydrogen-bond acceptors (Lipinski definition) is 2.